The standard InChI is InChI=1S/C16H22N2O5/c1-3-22-16(20)6-7-18-10-13(19)11-23-15-5-4-14(21-2)8-12(15)9-17/h4-5,8,13,18-19H,3,6-7,10-11H2,1-2H3. The molecule has 0 aliphatic rings. The number of nitrogens with zero attached hydrogens (tertiary/aromatic N) is 1. The molecule has 1 aromatic rings. The number of ether oxygens (including phenoxy) is 3. The fourth-order valence-corrected chi connectivity index (χ4v) is 1.79. The molecule has 0 heterocycles. The van der Waals surface area contributed by atoms with Crippen LogP contribution in [0.3, 0.4) is 0 Å². The molecule has 0 aliphatic heterocycles. The molecule has 126 valence electrons. The lowest BCUT2D eigenvalue weighted by Crippen LogP contribution is -2.32. The van der Waals surface area contributed by atoms with Gasteiger partial charge in [-0.15, -0.1) is 0 Å². The summed E-state index contributed by atoms with van der Waals surface area (Å²) in [6.45, 7) is 2.84. The number of hydrogen-bond donors (Lipinski definition) is 2. The third-order valence-corrected chi connectivity index (χ3v) is 2.93. The predicted molar refractivity (Wildman–Crippen MR) is 83.3 cm³/mol. The second kappa shape index (κ2) is 10.4. The average Bonchev–Trinajstić information content (AvgIpc) is 2.57. The molecular weight excluding hydrogens is 300 g/mol. The van der Waals surface area contributed by atoms with Crippen LogP contribution in [0.5, 0.6) is 11.5 Å². The number of hydrogen-bond acceptors (Lipinski definition) is 7. The molecule has 0 spiro atoms. The van der Waals surface area contributed by atoms with Crippen LogP contribution in [0.15, 0.2) is 18.2 Å². The predicted octanol–water partition coefficient (Wildman–Crippen LogP) is 0.849. The Morgan fingerprint density at radius 3 is 2.91 bits per heavy atom. The number of carbonyl (C=O) groups excluding carboxylic acids is 1. The minimum absolute atomic E-state index is 0.0351. The highest BCUT2D eigenvalue weighted by Gasteiger charge is 2.09. The highest BCUT2D eigenvalue weighted by Crippen LogP contribution is 2.23. The largest absolute Gasteiger partial charge is 0.497 e. The molecule has 0 aliphatic carbocycles. The molecule has 7 heteroatoms. The maximum Gasteiger partial charge on any atom is 0.307 e. The Labute approximate surface area is 135 Å². The molecule has 0 radical (unpaired) electrons. The second-order valence-corrected chi connectivity index (χ2v) is 4.70. The average molecular weight is 322 g/mol. The van der Waals surface area contributed by atoms with Gasteiger partial charge in [0.05, 0.1) is 25.7 Å². The van der Waals surface area contributed by atoms with Crippen LogP contribution in [0, 0.1) is 11.3 Å². The minimum Gasteiger partial charge on any atom is -0.497 e. The summed E-state index contributed by atoms with van der Waals surface area (Å²) in [6, 6.07) is 6.89. The van der Waals surface area contributed by atoms with Crippen LogP contribution in [0.25, 0.3) is 0 Å². The lowest BCUT2D eigenvalue weighted by Gasteiger charge is -2.14. The highest BCUT2D eigenvalue weighted by atomic mass is 16.5. The zero-order chi connectivity index (χ0) is 17.1. The fourth-order valence-electron chi connectivity index (χ4n) is 1.79. The first-order valence-electron chi connectivity index (χ1n) is 7.36. The summed E-state index contributed by atoms with van der Waals surface area (Å²) in [5.41, 5.74) is 0.340. The molecule has 1 aromatic carbocycles. The molecule has 0 amide bonds. The molecule has 0 bridgehead atoms. The van der Waals surface area contributed by atoms with Crippen molar-refractivity contribution >= 4 is 5.97 Å². The molecule has 1 unspecified atom stereocenters. The minimum atomic E-state index is -0.758. The quantitative estimate of drug-likeness (QED) is 0.486. The van der Waals surface area contributed by atoms with Crippen LogP contribution < -0.4 is 14.8 Å². The number of nitrogens with one attached hydrogen (secondary N) is 1. The fraction of sp³-hybridized carbons (Fsp3) is 0.500. The normalized spacial score (nSPS) is 11.4. The van der Waals surface area contributed by atoms with Crippen molar-refractivity contribution in [3.05, 3.63) is 23.8 Å². The van der Waals surface area contributed by atoms with Gasteiger partial charge in [-0.1, -0.05) is 0 Å². The van der Waals surface area contributed by atoms with Crippen LogP contribution in [0.2, 0.25) is 0 Å². The van der Waals surface area contributed by atoms with Gasteiger partial charge < -0.3 is 24.6 Å². The lowest BCUT2D eigenvalue weighted by atomic mass is 10.2. The Hall–Kier alpha value is -2.30. The summed E-state index contributed by atoms with van der Waals surface area (Å²) in [6.07, 6.45) is -0.510. The zero-order valence-electron chi connectivity index (χ0n) is 13.4. The van der Waals surface area contributed by atoms with E-state index in [1.807, 2.05) is 6.07 Å². The van der Waals surface area contributed by atoms with Gasteiger partial charge in [-0.3, -0.25) is 4.79 Å². The van der Waals surface area contributed by atoms with Gasteiger partial charge in [0.2, 0.25) is 0 Å². The Morgan fingerprint density at radius 1 is 1.48 bits per heavy atom. The monoisotopic (exact) mass is 322 g/mol. The molecule has 23 heavy (non-hydrogen) atoms. The maximum atomic E-state index is 11.1. The molecule has 0 saturated carbocycles. The van der Waals surface area contributed by atoms with Crippen LogP contribution in [-0.2, 0) is 9.53 Å². The van der Waals surface area contributed by atoms with Gasteiger partial charge >= 0.3 is 5.97 Å². The topological polar surface area (TPSA) is 101 Å². The maximum absolute atomic E-state index is 11.1. The zero-order valence-corrected chi connectivity index (χ0v) is 13.4. The van der Waals surface area contributed by atoms with Crippen molar-refractivity contribution in [1.29, 1.82) is 5.26 Å². The summed E-state index contributed by atoms with van der Waals surface area (Å²) in [7, 11) is 1.52. The van der Waals surface area contributed by atoms with E-state index in [-0.39, 0.29) is 25.5 Å². The van der Waals surface area contributed by atoms with E-state index in [4.69, 9.17) is 19.5 Å². The van der Waals surface area contributed by atoms with E-state index in [2.05, 4.69) is 5.32 Å². The summed E-state index contributed by atoms with van der Waals surface area (Å²) in [5, 5.41) is 21.8. The van der Waals surface area contributed by atoms with Gasteiger partial charge in [0.15, 0.2) is 0 Å². The summed E-state index contributed by atoms with van der Waals surface area (Å²) >= 11 is 0. The molecule has 1 rings (SSSR count). The Morgan fingerprint density at radius 2 is 2.26 bits per heavy atom. The van der Waals surface area contributed by atoms with Crippen molar-refractivity contribution in [3.8, 4) is 17.6 Å². The van der Waals surface area contributed by atoms with E-state index in [1.165, 1.54) is 7.11 Å². The highest BCUT2D eigenvalue weighted by molar-refractivity contribution is 5.69. The molecule has 2 N–H and O–H groups in total. The molecule has 1 atom stereocenters. The molecule has 0 saturated heterocycles. The third kappa shape index (κ3) is 7.00. The molecular formula is C16H22N2O5. The first kappa shape index (κ1) is 18.7. The van der Waals surface area contributed by atoms with Crippen LogP contribution in [-0.4, -0.2) is 50.6 Å². The van der Waals surface area contributed by atoms with Crippen LogP contribution in [0.1, 0.15) is 18.9 Å². The summed E-state index contributed by atoms with van der Waals surface area (Å²) in [5.74, 6) is 0.677. The summed E-state index contributed by atoms with van der Waals surface area (Å²) in [4.78, 5) is 11.1. The number of benzene rings is 1. The number of carbonyl (C=O) groups is 1. The van der Waals surface area contributed by atoms with E-state index in [0.717, 1.165) is 0 Å². The van der Waals surface area contributed by atoms with Gasteiger partial charge in [0, 0.05) is 19.2 Å². The number of aliphatic hydroxyl groups excluding tert-OH is 1. The van der Waals surface area contributed by atoms with Gasteiger partial charge in [-0.2, -0.15) is 5.26 Å². The van der Waals surface area contributed by atoms with Gasteiger partial charge in [-0.25, -0.2) is 0 Å². The lowest BCUT2D eigenvalue weighted by molar-refractivity contribution is -0.143. The van der Waals surface area contributed by atoms with Crippen molar-refractivity contribution in [2.24, 2.45) is 0 Å². The first-order valence-corrected chi connectivity index (χ1v) is 7.36. The SMILES string of the molecule is CCOC(=O)CCNCC(O)COc1ccc(OC)cc1C#N. The van der Waals surface area contributed by atoms with Crippen molar-refractivity contribution < 1.29 is 24.1 Å². The second-order valence-electron chi connectivity index (χ2n) is 4.70. The Balaban J connectivity index is 2.32. The number of esters is 1. The Kier molecular flexibility index (Phi) is 8.50. The van der Waals surface area contributed by atoms with Crippen molar-refractivity contribution in [3.63, 3.8) is 0 Å². The molecule has 7 nitrogen and oxygen atoms in total. The van der Waals surface area contributed by atoms with Gasteiger partial charge in [0.1, 0.15) is 30.3 Å². The van der Waals surface area contributed by atoms with E-state index < -0.39 is 6.10 Å². The third-order valence-electron chi connectivity index (χ3n) is 2.93. The number of rotatable bonds is 10. The van der Waals surface area contributed by atoms with Gasteiger partial charge in [-0.05, 0) is 19.1 Å². The van der Waals surface area contributed by atoms with Crippen LogP contribution in [0.4, 0.5) is 0 Å². The van der Waals surface area contributed by atoms with Crippen molar-refractivity contribution in [2.45, 2.75) is 19.4 Å². The summed E-state index contributed by atoms with van der Waals surface area (Å²) < 4.78 is 15.3. The van der Waals surface area contributed by atoms with Crippen LogP contribution >= 0.6 is 0 Å². The van der Waals surface area contributed by atoms with E-state index in [9.17, 15) is 9.90 Å². The van der Waals surface area contributed by atoms with E-state index >= 15 is 0 Å². The van der Waals surface area contributed by atoms with Crippen molar-refractivity contribution in [1.82, 2.24) is 5.32 Å². The smallest absolute Gasteiger partial charge is 0.307 e. The van der Waals surface area contributed by atoms with E-state index in [0.29, 0.717) is 30.2 Å². The Bertz CT molecular complexity index is 542. The van der Waals surface area contributed by atoms with E-state index in [1.54, 1.807) is 25.1 Å². The number of methoxy groups -OCH3 is 1. The molecule has 0 fully saturated rings. The number of nitriles is 1. The molecule has 0 aromatic heterocycles. The van der Waals surface area contributed by atoms with Crippen molar-refractivity contribution in [2.75, 3.05) is 33.4 Å². The van der Waals surface area contributed by atoms with Gasteiger partial charge in [0.25, 0.3) is 0 Å². The first-order chi connectivity index (χ1) is 11.1. The number of aliphatic hydroxyl groups is 1.